The largest absolute Gasteiger partial charge is 0.394 e. The van der Waals surface area contributed by atoms with E-state index in [9.17, 15) is 38.4 Å². The van der Waals surface area contributed by atoms with Gasteiger partial charge in [0.15, 0.2) is 23.6 Å². The molecule has 4 N–H and O–H groups in total. The molecule has 42 heavy (non-hydrogen) atoms. The summed E-state index contributed by atoms with van der Waals surface area (Å²) in [6, 6.07) is 9.05. The van der Waals surface area contributed by atoms with Crippen LogP contribution in [0.15, 0.2) is 48.7 Å². The van der Waals surface area contributed by atoms with Crippen molar-refractivity contribution in [3.05, 3.63) is 71.7 Å². The predicted octanol–water partition coefficient (Wildman–Crippen LogP) is 1.76. The third-order valence-corrected chi connectivity index (χ3v) is 8.09. The molecule has 1 saturated carbocycles. The van der Waals surface area contributed by atoms with Gasteiger partial charge >= 0.3 is 0 Å². The standard InChI is InChI=1S/C29H33F3N4O6/c30-18-12-17(13-19(31)24(18)32)20-14-36(34-33-20)25-26(39)23(15-37)42-28(27(25)40)29(41)35(21-8-4-5-9-22(21)38)11-10-16-6-2-1-3-7-16/h1-3,6-7,12-14,21-23,25-28,37-40H,4-5,8-11,15H2/t21-,22-,23+,25-,26-,27+,28+/m0/s1. The Hall–Kier alpha value is -3.36. The molecule has 1 aromatic heterocycles. The highest BCUT2D eigenvalue weighted by Crippen LogP contribution is 2.34. The fourth-order valence-electron chi connectivity index (χ4n) is 5.83. The van der Waals surface area contributed by atoms with Crippen molar-refractivity contribution in [2.45, 2.75) is 74.7 Å². The van der Waals surface area contributed by atoms with E-state index in [0.29, 0.717) is 19.3 Å². The summed E-state index contributed by atoms with van der Waals surface area (Å²) in [7, 11) is 0. The molecule has 1 amide bonds. The highest BCUT2D eigenvalue weighted by atomic mass is 19.2. The average molecular weight is 591 g/mol. The van der Waals surface area contributed by atoms with Crippen LogP contribution in [-0.2, 0) is 16.0 Å². The van der Waals surface area contributed by atoms with Crippen molar-refractivity contribution >= 4 is 5.91 Å². The molecule has 1 aliphatic heterocycles. The Morgan fingerprint density at radius 1 is 1.02 bits per heavy atom. The smallest absolute Gasteiger partial charge is 0.254 e. The van der Waals surface area contributed by atoms with Gasteiger partial charge in [-0.05, 0) is 37.0 Å². The van der Waals surface area contributed by atoms with Gasteiger partial charge in [0.25, 0.3) is 5.91 Å². The topological polar surface area (TPSA) is 141 Å². The molecule has 1 aliphatic carbocycles. The van der Waals surface area contributed by atoms with Crippen molar-refractivity contribution in [1.29, 1.82) is 0 Å². The summed E-state index contributed by atoms with van der Waals surface area (Å²) in [6.45, 7) is -0.469. The van der Waals surface area contributed by atoms with Crippen molar-refractivity contribution in [2.24, 2.45) is 0 Å². The minimum absolute atomic E-state index is 0.0862. The molecule has 7 atom stereocenters. The molecule has 0 bridgehead atoms. The van der Waals surface area contributed by atoms with E-state index in [-0.39, 0.29) is 17.8 Å². The number of hydrogen-bond acceptors (Lipinski definition) is 8. The molecule has 2 fully saturated rings. The summed E-state index contributed by atoms with van der Waals surface area (Å²) in [5.41, 5.74) is 0.742. The van der Waals surface area contributed by atoms with Crippen molar-refractivity contribution in [1.82, 2.24) is 19.9 Å². The van der Waals surface area contributed by atoms with Crippen molar-refractivity contribution < 1.29 is 43.1 Å². The number of rotatable bonds is 8. The molecule has 2 heterocycles. The summed E-state index contributed by atoms with van der Waals surface area (Å²) < 4.78 is 47.9. The lowest BCUT2D eigenvalue weighted by atomic mass is 9.88. The third kappa shape index (κ3) is 6.06. The maximum Gasteiger partial charge on any atom is 0.254 e. The van der Waals surface area contributed by atoms with E-state index < -0.39 is 72.6 Å². The molecular formula is C29H33F3N4O6. The number of halogens is 3. The molecule has 0 radical (unpaired) electrons. The molecule has 1 saturated heterocycles. The van der Waals surface area contributed by atoms with Gasteiger partial charge in [0.05, 0.1) is 24.9 Å². The van der Waals surface area contributed by atoms with Crippen LogP contribution in [0.2, 0.25) is 0 Å². The number of carbonyl (C=O) groups is 1. The zero-order chi connectivity index (χ0) is 30.0. The monoisotopic (exact) mass is 590 g/mol. The van der Waals surface area contributed by atoms with Crippen LogP contribution in [0, 0.1) is 17.5 Å². The summed E-state index contributed by atoms with van der Waals surface area (Å²) in [4.78, 5) is 15.6. The number of ether oxygens (including phenoxy) is 1. The minimum Gasteiger partial charge on any atom is -0.394 e. The van der Waals surface area contributed by atoms with Crippen LogP contribution < -0.4 is 0 Å². The molecule has 5 rings (SSSR count). The van der Waals surface area contributed by atoms with Crippen molar-refractivity contribution in [3.8, 4) is 11.3 Å². The third-order valence-electron chi connectivity index (χ3n) is 8.09. The minimum atomic E-state index is -1.69. The van der Waals surface area contributed by atoms with Gasteiger partial charge in [-0.2, -0.15) is 0 Å². The molecule has 13 heteroatoms. The van der Waals surface area contributed by atoms with Crippen molar-refractivity contribution in [3.63, 3.8) is 0 Å². The second-order valence-electron chi connectivity index (χ2n) is 10.8. The number of amides is 1. The van der Waals surface area contributed by atoms with Gasteiger partial charge in [-0.1, -0.05) is 48.4 Å². The van der Waals surface area contributed by atoms with Gasteiger partial charge < -0.3 is 30.1 Å². The molecular weight excluding hydrogens is 557 g/mol. The van der Waals surface area contributed by atoms with E-state index in [1.54, 1.807) is 0 Å². The van der Waals surface area contributed by atoms with Crippen LogP contribution in [-0.4, -0.2) is 95.9 Å². The van der Waals surface area contributed by atoms with Crippen LogP contribution in [0.25, 0.3) is 11.3 Å². The Balaban J connectivity index is 1.44. The highest BCUT2D eigenvalue weighted by Gasteiger charge is 2.50. The van der Waals surface area contributed by atoms with Gasteiger partial charge in [-0.3, -0.25) is 4.79 Å². The van der Waals surface area contributed by atoms with Crippen LogP contribution in [0.5, 0.6) is 0 Å². The molecule has 2 aromatic carbocycles. The summed E-state index contributed by atoms with van der Waals surface area (Å²) in [5.74, 6) is -5.13. The predicted molar refractivity (Wildman–Crippen MR) is 142 cm³/mol. The molecule has 0 spiro atoms. The van der Waals surface area contributed by atoms with E-state index in [2.05, 4.69) is 10.3 Å². The SMILES string of the molecule is O=C([C@@H]1O[C@H](CO)[C@H](O)[C@H](n2cc(-c3cc(F)c(F)c(F)c3)nn2)[C@H]1O)N(CCc1ccccc1)[C@H]1CCCC[C@@H]1O. The molecule has 226 valence electrons. The highest BCUT2D eigenvalue weighted by molar-refractivity contribution is 5.82. The first-order valence-electron chi connectivity index (χ1n) is 13.9. The van der Waals surface area contributed by atoms with Gasteiger partial charge in [0, 0.05) is 12.1 Å². The number of hydrogen-bond donors (Lipinski definition) is 4. The Morgan fingerprint density at radius 3 is 2.38 bits per heavy atom. The number of benzene rings is 2. The zero-order valence-electron chi connectivity index (χ0n) is 22.6. The molecule has 10 nitrogen and oxygen atoms in total. The van der Waals surface area contributed by atoms with E-state index in [1.807, 2.05) is 30.3 Å². The van der Waals surface area contributed by atoms with E-state index in [4.69, 9.17) is 4.74 Å². The zero-order valence-corrected chi connectivity index (χ0v) is 22.6. The van der Waals surface area contributed by atoms with Gasteiger partial charge in [-0.15, -0.1) is 5.10 Å². The lowest BCUT2D eigenvalue weighted by Crippen LogP contribution is -2.62. The first kappa shape index (κ1) is 30.1. The maximum atomic E-state index is 14.1. The number of aromatic nitrogens is 3. The Bertz CT molecular complexity index is 1360. The molecule has 2 aliphatic rings. The van der Waals surface area contributed by atoms with Gasteiger partial charge in [-0.25, -0.2) is 17.9 Å². The quantitative estimate of drug-likeness (QED) is 0.291. The van der Waals surface area contributed by atoms with E-state index in [0.717, 1.165) is 35.2 Å². The van der Waals surface area contributed by atoms with Gasteiger partial charge in [0.1, 0.15) is 30.0 Å². The Kier molecular flexibility index (Phi) is 9.23. The second-order valence-corrected chi connectivity index (χ2v) is 10.8. The van der Waals surface area contributed by atoms with Crippen LogP contribution in [0.1, 0.15) is 37.3 Å². The van der Waals surface area contributed by atoms with Gasteiger partial charge in [0.2, 0.25) is 0 Å². The average Bonchev–Trinajstić information content (AvgIpc) is 3.47. The van der Waals surface area contributed by atoms with Crippen LogP contribution in [0.4, 0.5) is 13.2 Å². The summed E-state index contributed by atoms with van der Waals surface area (Å²) in [5, 5.41) is 50.9. The first-order valence-corrected chi connectivity index (χ1v) is 13.9. The number of nitrogens with zero attached hydrogens (tertiary/aromatic N) is 4. The normalized spacial score (nSPS) is 28.0. The number of aliphatic hydroxyl groups is 4. The number of carbonyl (C=O) groups excluding carboxylic acids is 1. The summed E-state index contributed by atoms with van der Waals surface area (Å²) >= 11 is 0. The lowest BCUT2D eigenvalue weighted by molar-refractivity contribution is -0.213. The Labute approximate surface area is 240 Å². The fourth-order valence-corrected chi connectivity index (χ4v) is 5.83. The maximum absolute atomic E-state index is 14.1. The molecule has 3 aromatic rings. The molecule has 0 unspecified atom stereocenters. The first-order chi connectivity index (χ1) is 20.2. The van der Waals surface area contributed by atoms with E-state index in [1.165, 1.54) is 11.1 Å². The van der Waals surface area contributed by atoms with Crippen LogP contribution >= 0.6 is 0 Å². The fraction of sp³-hybridized carbons (Fsp3) is 0.483. The van der Waals surface area contributed by atoms with Crippen LogP contribution in [0.3, 0.4) is 0 Å². The Morgan fingerprint density at radius 2 is 1.71 bits per heavy atom. The lowest BCUT2D eigenvalue weighted by Gasteiger charge is -2.45. The second kappa shape index (κ2) is 12.9. The van der Waals surface area contributed by atoms with Crippen molar-refractivity contribution in [2.75, 3.05) is 13.2 Å². The van der Waals surface area contributed by atoms with E-state index >= 15 is 0 Å². The summed E-state index contributed by atoms with van der Waals surface area (Å²) in [6.07, 6.45) is -2.51. The number of aliphatic hydroxyl groups excluding tert-OH is 4.